The summed E-state index contributed by atoms with van der Waals surface area (Å²) in [6.07, 6.45) is -2.01. The quantitative estimate of drug-likeness (QED) is 0.440. The zero-order valence-corrected chi connectivity index (χ0v) is 7.61. The zero-order chi connectivity index (χ0) is 10.9. The lowest BCUT2D eigenvalue weighted by molar-refractivity contribution is -0.930. The Balaban J connectivity index is 3.14. The van der Waals surface area contributed by atoms with Crippen molar-refractivity contribution in [2.24, 2.45) is 0 Å². The minimum atomic E-state index is -1.92. The molecule has 0 N–H and O–H groups in total. The number of quaternary nitrogens is 1. The number of imide groups is 1. The van der Waals surface area contributed by atoms with Gasteiger partial charge in [0.25, 0.3) is 0 Å². The van der Waals surface area contributed by atoms with Crippen LogP contribution < -0.4 is 5.11 Å². The second kappa shape index (κ2) is 3.22. The first kappa shape index (κ1) is 10.4. The number of amides is 2. The topological polar surface area (TPSA) is 83.5 Å². The van der Waals surface area contributed by atoms with Crippen molar-refractivity contribution in [2.45, 2.75) is 19.8 Å². The summed E-state index contributed by atoms with van der Waals surface area (Å²) >= 11 is 0. The number of carboxylic acid groups (broad SMARTS) is 1. The molecule has 1 saturated heterocycles. The van der Waals surface area contributed by atoms with E-state index in [0.717, 1.165) is 0 Å². The predicted octanol–water partition coefficient (Wildman–Crippen LogP) is -0.541. The Bertz CT molecular complexity index is 317. The molecule has 1 aliphatic rings. The molecule has 1 heterocycles. The Kier molecular flexibility index (Phi) is 2.39. The monoisotopic (exact) mass is 199 g/mol. The molecule has 0 aromatic carbocycles. The molecule has 1 aliphatic heterocycles. The van der Waals surface area contributed by atoms with Crippen LogP contribution in [0.4, 0.5) is 4.79 Å². The third-order valence-corrected chi connectivity index (χ3v) is 2.00. The van der Waals surface area contributed by atoms with E-state index >= 15 is 0 Å². The highest BCUT2D eigenvalue weighted by atomic mass is 16.8. The summed E-state index contributed by atoms with van der Waals surface area (Å²) in [7, 11) is 0. The molecule has 0 saturated carbocycles. The van der Waals surface area contributed by atoms with Crippen LogP contribution in [0.5, 0.6) is 0 Å². The maximum Gasteiger partial charge on any atom is 0.357 e. The van der Waals surface area contributed by atoms with Crippen molar-refractivity contribution in [3.63, 3.8) is 0 Å². The van der Waals surface area contributed by atoms with Gasteiger partial charge < -0.3 is 14.7 Å². The van der Waals surface area contributed by atoms with E-state index in [9.17, 15) is 19.5 Å². The maximum atomic E-state index is 11.4. The van der Waals surface area contributed by atoms with Gasteiger partial charge in [0.1, 0.15) is 5.70 Å². The van der Waals surface area contributed by atoms with Crippen LogP contribution in [0, 0.1) is 0 Å². The Hall–Kier alpha value is -1.69. The van der Waals surface area contributed by atoms with Gasteiger partial charge >= 0.3 is 18.0 Å². The van der Waals surface area contributed by atoms with E-state index in [2.05, 4.69) is 11.4 Å². The lowest BCUT2D eigenvalue weighted by Crippen LogP contribution is -2.53. The second-order valence-electron chi connectivity index (χ2n) is 2.97. The van der Waals surface area contributed by atoms with E-state index in [4.69, 9.17) is 0 Å². The molecule has 1 rings (SSSR count). The Morgan fingerprint density at radius 1 is 1.43 bits per heavy atom. The van der Waals surface area contributed by atoms with Crippen LogP contribution in [0.1, 0.15) is 19.8 Å². The number of carbonyl (C=O) groups excluding carboxylic acids is 3. The summed E-state index contributed by atoms with van der Waals surface area (Å²) in [6.45, 7) is 4.73. The summed E-state index contributed by atoms with van der Waals surface area (Å²) in [5, 5.41) is 10.3. The van der Waals surface area contributed by atoms with Crippen LogP contribution in [0.15, 0.2) is 12.3 Å². The Labute approximate surface area is 79.9 Å². The standard InChI is InChI=1S/C8H9NO5/c1-5(2)9(14-8(12)13)6(10)3-4-7(9)11/h1,3-4H2,2H3. The SMILES string of the molecule is C=C(C)[N+]1(OC(=O)[O-])C(=O)CCC1=O. The fraction of sp³-hybridized carbons (Fsp3) is 0.375. The number of likely N-dealkylation sites (tertiary alicyclic amines) is 1. The Morgan fingerprint density at radius 2 is 1.86 bits per heavy atom. The molecule has 0 aliphatic carbocycles. The molecule has 14 heavy (non-hydrogen) atoms. The highest BCUT2D eigenvalue weighted by Gasteiger charge is 2.53. The number of hydrogen-bond donors (Lipinski definition) is 0. The summed E-state index contributed by atoms with van der Waals surface area (Å²) in [5.41, 5.74) is 0.0155. The van der Waals surface area contributed by atoms with Crippen LogP contribution in [0.3, 0.4) is 0 Å². The van der Waals surface area contributed by atoms with Gasteiger partial charge in [-0.2, -0.15) is 0 Å². The first-order chi connectivity index (χ1) is 6.41. The van der Waals surface area contributed by atoms with Gasteiger partial charge in [-0.3, -0.25) is 0 Å². The van der Waals surface area contributed by atoms with Crippen LogP contribution in [0.2, 0.25) is 0 Å². The van der Waals surface area contributed by atoms with Crippen LogP contribution in [-0.4, -0.2) is 22.6 Å². The number of carbonyl (C=O) groups is 3. The normalized spacial score (nSPS) is 19.5. The number of allylic oxidation sites excluding steroid dienone is 1. The van der Waals surface area contributed by atoms with Gasteiger partial charge in [-0.1, -0.05) is 0 Å². The van der Waals surface area contributed by atoms with Crippen molar-refractivity contribution in [3.8, 4) is 0 Å². The summed E-state index contributed by atoms with van der Waals surface area (Å²) in [4.78, 5) is 37.2. The molecule has 76 valence electrons. The van der Waals surface area contributed by atoms with E-state index in [-0.39, 0.29) is 18.5 Å². The van der Waals surface area contributed by atoms with Gasteiger partial charge in [0, 0.05) is 6.92 Å². The van der Waals surface area contributed by atoms with E-state index < -0.39 is 22.6 Å². The third kappa shape index (κ3) is 1.29. The van der Waals surface area contributed by atoms with Crippen molar-refractivity contribution in [2.75, 3.05) is 0 Å². The van der Waals surface area contributed by atoms with E-state index in [1.54, 1.807) is 0 Å². The van der Waals surface area contributed by atoms with Gasteiger partial charge in [-0.15, -0.1) is 0 Å². The van der Waals surface area contributed by atoms with E-state index in [1.807, 2.05) is 0 Å². The highest BCUT2D eigenvalue weighted by molar-refractivity contribution is 5.92. The molecule has 6 nitrogen and oxygen atoms in total. The molecule has 0 aromatic rings. The van der Waals surface area contributed by atoms with Crippen molar-refractivity contribution in [1.82, 2.24) is 0 Å². The smallest absolute Gasteiger partial charge is 0.357 e. The minimum Gasteiger partial charge on any atom is -0.422 e. The molecule has 1 fully saturated rings. The Morgan fingerprint density at radius 3 is 2.14 bits per heavy atom. The fourth-order valence-corrected chi connectivity index (χ4v) is 1.39. The molecule has 0 radical (unpaired) electrons. The second-order valence-corrected chi connectivity index (χ2v) is 2.97. The van der Waals surface area contributed by atoms with Crippen LogP contribution >= 0.6 is 0 Å². The summed E-state index contributed by atoms with van der Waals surface area (Å²) in [6, 6.07) is 0. The average molecular weight is 199 g/mol. The molecule has 2 amide bonds. The molecular formula is C8H9NO5. The average Bonchev–Trinajstić information content (AvgIpc) is 2.32. The summed E-state index contributed by atoms with van der Waals surface area (Å²) in [5.74, 6) is -1.27. The van der Waals surface area contributed by atoms with Gasteiger partial charge in [-0.25, -0.2) is 9.59 Å². The van der Waals surface area contributed by atoms with Crippen LogP contribution in [0.25, 0.3) is 0 Å². The molecule has 0 spiro atoms. The highest BCUT2D eigenvalue weighted by Crippen LogP contribution is 2.28. The first-order valence-corrected chi connectivity index (χ1v) is 3.93. The fourth-order valence-electron chi connectivity index (χ4n) is 1.39. The zero-order valence-electron chi connectivity index (χ0n) is 7.61. The third-order valence-electron chi connectivity index (χ3n) is 2.00. The van der Waals surface area contributed by atoms with E-state index in [1.165, 1.54) is 6.92 Å². The number of hydrogen-bond acceptors (Lipinski definition) is 5. The molecule has 0 atom stereocenters. The van der Waals surface area contributed by atoms with Crippen molar-refractivity contribution in [1.29, 1.82) is 0 Å². The summed E-state index contributed by atoms with van der Waals surface area (Å²) < 4.78 is -1.28. The lowest BCUT2D eigenvalue weighted by atomic mass is 10.4. The molecule has 6 heteroatoms. The minimum absolute atomic E-state index is 0.0155. The first-order valence-electron chi connectivity index (χ1n) is 3.93. The number of hydroxylamine groups is 3. The predicted molar refractivity (Wildman–Crippen MR) is 40.8 cm³/mol. The number of rotatable bonds is 2. The molecule has 0 bridgehead atoms. The van der Waals surface area contributed by atoms with Crippen molar-refractivity contribution < 1.29 is 29.0 Å². The maximum absolute atomic E-state index is 11.4. The van der Waals surface area contributed by atoms with Crippen molar-refractivity contribution >= 4 is 18.0 Å². The van der Waals surface area contributed by atoms with E-state index in [0.29, 0.717) is 0 Å². The van der Waals surface area contributed by atoms with Gasteiger partial charge in [0.05, 0.1) is 12.8 Å². The van der Waals surface area contributed by atoms with Crippen molar-refractivity contribution in [3.05, 3.63) is 12.3 Å². The molecule has 0 unspecified atom stereocenters. The van der Waals surface area contributed by atoms with Gasteiger partial charge in [0.15, 0.2) is 0 Å². The lowest BCUT2D eigenvalue weighted by Gasteiger charge is -2.28. The van der Waals surface area contributed by atoms with Gasteiger partial charge in [0.2, 0.25) is 0 Å². The molecular weight excluding hydrogens is 190 g/mol. The number of nitrogens with zero attached hydrogens (tertiary/aromatic N) is 1. The van der Waals surface area contributed by atoms with Gasteiger partial charge in [-0.05, 0) is 11.2 Å². The van der Waals surface area contributed by atoms with Crippen LogP contribution in [-0.2, 0) is 14.4 Å². The largest absolute Gasteiger partial charge is 0.422 e. The molecule has 0 aromatic heterocycles.